The van der Waals surface area contributed by atoms with Crippen molar-refractivity contribution in [2.24, 2.45) is 0 Å². The Bertz CT molecular complexity index is 963. The van der Waals surface area contributed by atoms with E-state index in [9.17, 15) is 4.79 Å². The minimum Gasteiger partial charge on any atom is -0.369 e. The van der Waals surface area contributed by atoms with Gasteiger partial charge in [-0.05, 0) is 24.6 Å². The summed E-state index contributed by atoms with van der Waals surface area (Å²) in [5.41, 5.74) is 3.53. The van der Waals surface area contributed by atoms with Gasteiger partial charge >= 0.3 is 0 Å². The van der Waals surface area contributed by atoms with Crippen LogP contribution in [0.1, 0.15) is 17.8 Å². The van der Waals surface area contributed by atoms with Crippen molar-refractivity contribution in [1.29, 1.82) is 0 Å². The molecule has 3 aromatic rings. The molecule has 1 saturated heterocycles. The standard InChI is InChI=1S/C23H28N6O/c1-18-6-5-9-20(16-18)29-14-12-28(13-15-29)11-10-22(30)24-17-21-25-23(27-26-21)19-7-3-2-4-8-19/h2-9,16H,10-15,17H2,1H3,(H,24,30)(H,25,26,27). The highest BCUT2D eigenvalue weighted by atomic mass is 16.1. The Morgan fingerprint density at radius 2 is 1.87 bits per heavy atom. The summed E-state index contributed by atoms with van der Waals surface area (Å²) in [6.45, 7) is 7.20. The topological polar surface area (TPSA) is 77.2 Å². The Balaban J connectivity index is 1.17. The van der Waals surface area contributed by atoms with E-state index in [-0.39, 0.29) is 5.91 Å². The minimum atomic E-state index is 0.0359. The Kier molecular flexibility index (Phi) is 6.39. The largest absolute Gasteiger partial charge is 0.369 e. The van der Waals surface area contributed by atoms with Crippen molar-refractivity contribution in [3.63, 3.8) is 0 Å². The number of aryl methyl sites for hydroxylation is 1. The van der Waals surface area contributed by atoms with Gasteiger partial charge in [-0.15, -0.1) is 0 Å². The summed E-state index contributed by atoms with van der Waals surface area (Å²) < 4.78 is 0. The zero-order chi connectivity index (χ0) is 20.8. The van der Waals surface area contributed by atoms with Crippen LogP contribution < -0.4 is 10.2 Å². The monoisotopic (exact) mass is 404 g/mol. The number of nitrogens with one attached hydrogen (secondary N) is 2. The smallest absolute Gasteiger partial charge is 0.221 e. The second kappa shape index (κ2) is 9.54. The van der Waals surface area contributed by atoms with E-state index in [0.29, 0.717) is 24.6 Å². The number of aromatic nitrogens is 3. The van der Waals surface area contributed by atoms with E-state index in [1.165, 1.54) is 11.3 Å². The third-order valence-electron chi connectivity index (χ3n) is 5.41. The molecule has 1 aliphatic heterocycles. The second-order valence-corrected chi connectivity index (χ2v) is 7.67. The summed E-state index contributed by atoms with van der Waals surface area (Å²) in [5, 5.41) is 10.1. The quantitative estimate of drug-likeness (QED) is 0.633. The lowest BCUT2D eigenvalue weighted by Gasteiger charge is -2.36. The number of nitrogens with zero attached hydrogens (tertiary/aromatic N) is 4. The Morgan fingerprint density at radius 3 is 2.63 bits per heavy atom. The molecule has 0 spiro atoms. The normalized spacial score (nSPS) is 14.6. The molecule has 30 heavy (non-hydrogen) atoms. The third kappa shape index (κ3) is 5.24. The molecule has 7 nitrogen and oxygen atoms in total. The van der Waals surface area contributed by atoms with Crippen LogP contribution in [0.2, 0.25) is 0 Å². The van der Waals surface area contributed by atoms with Crippen LogP contribution >= 0.6 is 0 Å². The molecule has 0 bridgehead atoms. The molecule has 7 heteroatoms. The average molecular weight is 405 g/mol. The van der Waals surface area contributed by atoms with Gasteiger partial charge in [0.1, 0.15) is 5.82 Å². The summed E-state index contributed by atoms with van der Waals surface area (Å²) in [6, 6.07) is 18.4. The molecule has 2 N–H and O–H groups in total. The lowest BCUT2D eigenvalue weighted by molar-refractivity contribution is -0.121. The number of carbonyl (C=O) groups is 1. The fraction of sp³-hybridized carbons (Fsp3) is 0.348. The average Bonchev–Trinajstić information content (AvgIpc) is 3.26. The SMILES string of the molecule is Cc1cccc(N2CCN(CCC(=O)NCc3nc(-c4ccccc4)n[nH]3)CC2)c1. The number of amides is 1. The van der Waals surface area contributed by atoms with Crippen molar-refractivity contribution in [3.8, 4) is 11.4 Å². The van der Waals surface area contributed by atoms with Gasteiger partial charge in [0.05, 0.1) is 6.54 Å². The molecule has 0 radical (unpaired) electrons. The van der Waals surface area contributed by atoms with Crippen LogP contribution in [0.3, 0.4) is 0 Å². The van der Waals surface area contributed by atoms with Gasteiger partial charge in [0.2, 0.25) is 5.91 Å². The van der Waals surface area contributed by atoms with E-state index in [2.05, 4.69) is 61.5 Å². The number of hydrogen-bond acceptors (Lipinski definition) is 5. The van der Waals surface area contributed by atoms with E-state index in [0.717, 1.165) is 38.3 Å². The molecule has 2 aromatic carbocycles. The highest BCUT2D eigenvalue weighted by Crippen LogP contribution is 2.18. The molecule has 1 aliphatic rings. The molecule has 2 heterocycles. The molecule has 1 aromatic heterocycles. The van der Waals surface area contributed by atoms with Crippen LogP contribution in [-0.2, 0) is 11.3 Å². The predicted molar refractivity (Wildman–Crippen MR) is 118 cm³/mol. The summed E-state index contributed by atoms with van der Waals surface area (Å²) in [7, 11) is 0. The van der Waals surface area contributed by atoms with Crippen molar-refractivity contribution in [2.45, 2.75) is 19.9 Å². The maximum atomic E-state index is 12.2. The van der Waals surface area contributed by atoms with Crippen molar-refractivity contribution in [1.82, 2.24) is 25.4 Å². The van der Waals surface area contributed by atoms with Gasteiger partial charge in [-0.25, -0.2) is 4.98 Å². The van der Waals surface area contributed by atoms with E-state index >= 15 is 0 Å². The van der Waals surface area contributed by atoms with Crippen molar-refractivity contribution >= 4 is 11.6 Å². The number of benzene rings is 2. The van der Waals surface area contributed by atoms with E-state index < -0.39 is 0 Å². The fourth-order valence-corrected chi connectivity index (χ4v) is 3.68. The van der Waals surface area contributed by atoms with Crippen LogP contribution in [-0.4, -0.2) is 58.7 Å². The zero-order valence-electron chi connectivity index (χ0n) is 17.3. The first kappa shape index (κ1) is 20.1. The first-order valence-corrected chi connectivity index (χ1v) is 10.4. The molecule has 0 aliphatic carbocycles. The molecule has 1 amide bonds. The number of hydrogen-bond donors (Lipinski definition) is 2. The van der Waals surface area contributed by atoms with Crippen LogP contribution in [0.25, 0.3) is 11.4 Å². The number of rotatable bonds is 7. The van der Waals surface area contributed by atoms with Gasteiger partial charge in [0.15, 0.2) is 5.82 Å². The maximum absolute atomic E-state index is 12.2. The lowest BCUT2D eigenvalue weighted by atomic mass is 10.2. The number of anilines is 1. The Hall–Kier alpha value is -3.19. The van der Waals surface area contributed by atoms with Gasteiger partial charge in [0, 0.05) is 50.4 Å². The van der Waals surface area contributed by atoms with E-state index in [1.54, 1.807) is 0 Å². The number of piperazine rings is 1. The molecule has 1 fully saturated rings. The third-order valence-corrected chi connectivity index (χ3v) is 5.41. The minimum absolute atomic E-state index is 0.0359. The van der Waals surface area contributed by atoms with E-state index in [4.69, 9.17) is 0 Å². The predicted octanol–water partition coefficient (Wildman–Crippen LogP) is 2.61. The summed E-state index contributed by atoms with van der Waals surface area (Å²) in [5.74, 6) is 1.34. The molecular formula is C23H28N6O. The molecular weight excluding hydrogens is 376 g/mol. The molecule has 0 atom stereocenters. The number of H-pyrrole nitrogens is 1. The Morgan fingerprint density at radius 1 is 1.07 bits per heavy atom. The van der Waals surface area contributed by atoms with Crippen LogP contribution in [0.15, 0.2) is 54.6 Å². The van der Waals surface area contributed by atoms with Gasteiger partial charge < -0.3 is 10.2 Å². The molecule has 0 saturated carbocycles. The second-order valence-electron chi connectivity index (χ2n) is 7.67. The highest BCUT2D eigenvalue weighted by Gasteiger charge is 2.18. The molecule has 0 unspecified atom stereocenters. The van der Waals surface area contributed by atoms with Crippen LogP contribution in [0, 0.1) is 6.92 Å². The van der Waals surface area contributed by atoms with Gasteiger partial charge in [0.25, 0.3) is 0 Å². The van der Waals surface area contributed by atoms with Crippen molar-refractivity contribution in [2.75, 3.05) is 37.6 Å². The van der Waals surface area contributed by atoms with E-state index in [1.807, 2.05) is 30.3 Å². The van der Waals surface area contributed by atoms with Crippen molar-refractivity contribution in [3.05, 3.63) is 66.0 Å². The van der Waals surface area contributed by atoms with Crippen molar-refractivity contribution < 1.29 is 4.79 Å². The first-order chi connectivity index (χ1) is 14.7. The van der Waals surface area contributed by atoms with Crippen LogP contribution in [0.5, 0.6) is 0 Å². The van der Waals surface area contributed by atoms with Gasteiger partial charge in [-0.1, -0.05) is 42.5 Å². The Labute approximate surface area is 177 Å². The van der Waals surface area contributed by atoms with Gasteiger partial charge in [-0.2, -0.15) is 5.10 Å². The molecule has 156 valence electrons. The first-order valence-electron chi connectivity index (χ1n) is 10.4. The fourth-order valence-electron chi connectivity index (χ4n) is 3.68. The summed E-state index contributed by atoms with van der Waals surface area (Å²) in [6.07, 6.45) is 0.490. The number of aromatic amines is 1. The van der Waals surface area contributed by atoms with Crippen LogP contribution in [0.4, 0.5) is 5.69 Å². The summed E-state index contributed by atoms with van der Waals surface area (Å²) >= 11 is 0. The zero-order valence-corrected chi connectivity index (χ0v) is 17.3. The maximum Gasteiger partial charge on any atom is 0.221 e. The summed E-state index contributed by atoms with van der Waals surface area (Å²) in [4.78, 5) is 21.5. The molecule has 4 rings (SSSR count). The highest BCUT2D eigenvalue weighted by molar-refractivity contribution is 5.76. The number of carbonyl (C=O) groups excluding carboxylic acids is 1. The lowest BCUT2D eigenvalue weighted by Crippen LogP contribution is -2.47. The van der Waals surface area contributed by atoms with Gasteiger partial charge in [-0.3, -0.25) is 14.8 Å².